The van der Waals surface area contributed by atoms with Crippen molar-refractivity contribution < 1.29 is 24.2 Å². The average Bonchev–Trinajstić information content (AvgIpc) is 2.93. The van der Waals surface area contributed by atoms with E-state index in [0.717, 1.165) is 36.1 Å². The largest absolute Gasteiger partial charge is 0.506 e. The molecular weight excluding hydrogens is 750 g/mol. The molecule has 1 aliphatic heterocycles. The Labute approximate surface area is 269 Å². The standard InChI is InChI=1S/C30H40I2N4O5/c1-4-8-23-28(38)34-12-7-10-20-9-5-6-11-25(20)41-14-13-33-24(17-19-15-21(31)27(37)22(32)16-19)29(39)36-26(18(2)3)30(40)35-23/h5-6,9,11,15-16,18,23-24,26,33,37H,4,7-8,10,12-14,17H2,1-3H3,(H,34,38)(H,35,40)(H,36,39)/t23-,24+,26+/m0/s1. The van der Waals surface area contributed by atoms with Crippen LogP contribution in [0.5, 0.6) is 11.5 Å². The van der Waals surface area contributed by atoms with Crippen molar-refractivity contribution in [3.63, 3.8) is 0 Å². The highest BCUT2D eigenvalue weighted by Crippen LogP contribution is 2.28. The van der Waals surface area contributed by atoms with E-state index in [2.05, 4.69) is 66.4 Å². The molecule has 1 aliphatic rings. The first-order valence-electron chi connectivity index (χ1n) is 14.1. The predicted molar refractivity (Wildman–Crippen MR) is 176 cm³/mol. The molecule has 0 unspecified atom stereocenters. The summed E-state index contributed by atoms with van der Waals surface area (Å²) < 4.78 is 7.48. The molecule has 3 amide bonds. The van der Waals surface area contributed by atoms with E-state index in [9.17, 15) is 19.5 Å². The van der Waals surface area contributed by atoms with Crippen LogP contribution < -0.4 is 26.0 Å². The first-order valence-corrected chi connectivity index (χ1v) is 16.3. The topological polar surface area (TPSA) is 129 Å². The first-order chi connectivity index (χ1) is 19.6. The fourth-order valence-electron chi connectivity index (χ4n) is 4.70. The average molecular weight is 790 g/mol. The van der Waals surface area contributed by atoms with Crippen LogP contribution in [0, 0.1) is 13.1 Å². The Morgan fingerprint density at radius 3 is 2.37 bits per heavy atom. The number of aryl methyl sites for hydroxylation is 1. The molecule has 1 heterocycles. The minimum atomic E-state index is -0.818. The molecule has 0 aliphatic carbocycles. The molecular formula is C30H40I2N4O5. The number of fused-ring (bicyclic) bond motifs is 1. The number of phenols is 1. The molecule has 2 aromatic rings. The second-order valence-electron chi connectivity index (χ2n) is 10.5. The Morgan fingerprint density at radius 1 is 0.976 bits per heavy atom. The first kappa shape index (κ1) is 33.4. The van der Waals surface area contributed by atoms with E-state index in [1.54, 1.807) is 0 Å². The maximum absolute atomic E-state index is 13.7. The van der Waals surface area contributed by atoms with E-state index in [1.165, 1.54) is 0 Å². The molecule has 0 saturated carbocycles. The summed E-state index contributed by atoms with van der Waals surface area (Å²) in [4.78, 5) is 40.0. The molecule has 0 radical (unpaired) electrons. The summed E-state index contributed by atoms with van der Waals surface area (Å²) in [5.74, 6) is -0.141. The quantitative estimate of drug-likeness (QED) is 0.295. The molecule has 9 nitrogen and oxygen atoms in total. The van der Waals surface area contributed by atoms with Crippen LogP contribution in [0.3, 0.4) is 0 Å². The summed E-state index contributed by atoms with van der Waals surface area (Å²) in [6, 6.07) is 9.37. The molecule has 11 heteroatoms. The summed E-state index contributed by atoms with van der Waals surface area (Å²) in [5.41, 5.74) is 1.92. The molecule has 0 saturated heterocycles. The Hall–Kier alpha value is -2.13. The SMILES string of the molecule is CCC[C@@H]1NC(=O)[C@@H](C(C)C)NC(=O)[C@@H](Cc2cc(I)c(O)c(I)c2)NCCOc2ccccc2CCCNC1=O. The van der Waals surface area contributed by atoms with Gasteiger partial charge in [0, 0.05) is 13.1 Å². The van der Waals surface area contributed by atoms with Gasteiger partial charge in [-0.15, -0.1) is 0 Å². The zero-order chi connectivity index (χ0) is 29.9. The molecule has 3 atom stereocenters. The number of nitrogens with one attached hydrogen (secondary N) is 4. The molecule has 0 fully saturated rings. The van der Waals surface area contributed by atoms with Crippen molar-refractivity contribution in [2.75, 3.05) is 19.7 Å². The number of hydrogen-bond donors (Lipinski definition) is 5. The van der Waals surface area contributed by atoms with Crippen molar-refractivity contribution in [1.29, 1.82) is 0 Å². The normalized spacial score (nSPS) is 21.5. The highest BCUT2D eigenvalue weighted by molar-refractivity contribution is 14.1. The van der Waals surface area contributed by atoms with Gasteiger partial charge in [0.15, 0.2) is 0 Å². The van der Waals surface area contributed by atoms with Crippen molar-refractivity contribution in [2.24, 2.45) is 5.92 Å². The highest BCUT2D eigenvalue weighted by atomic mass is 127. The van der Waals surface area contributed by atoms with Gasteiger partial charge < -0.3 is 31.1 Å². The fraction of sp³-hybridized carbons (Fsp3) is 0.500. The zero-order valence-electron chi connectivity index (χ0n) is 23.8. The van der Waals surface area contributed by atoms with Gasteiger partial charge in [-0.3, -0.25) is 14.4 Å². The lowest BCUT2D eigenvalue weighted by atomic mass is 10.00. The number of carbonyl (C=O) groups excluding carboxylic acids is 3. The third-order valence-electron chi connectivity index (χ3n) is 6.94. The summed E-state index contributed by atoms with van der Waals surface area (Å²) in [5, 5.41) is 22.3. The summed E-state index contributed by atoms with van der Waals surface area (Å²) >= 11 is 4.15. The van der Waals surface area contributed by atoms with Gasteiger partial charge in [0.2, 0.25) is 17.7 Å². The van der Waals surface area contributed by atoms with Crippen LogP contribution in [0.4, 0.5) is 0 Å². The molecule has 3 rings (SSSR count). The molecule has 224 valence electrons. The molecule has 41 heavy (non-hydrogen) atoms. The van der Waals surface area contributed by atoms with E-state index in [0.29, 0.717) is 39.7 Å². The number of hydrogen-bond acceptors (Lipinski definition) is 6. The van der Waals surface area contributed by atoms with Crippen molar-refractivity contribution in [1.82, 2.24) is 21.3 Å². The third kappa shape index (κ3) is 9.98. The monoisotopic (exact) mass is 790 g/mol. The van der Waals surface area contributed by atoms with Crippen LogP contribution in [0.2, 0.25) is 0 Å². The van der Waals surface area contributed by atoms with Gasteiger partial charge in [0.25, 0.3) is 0 Å². The summed E-state index contributed by atoms with van der Waals surface area (Å²) in [7, 11) is 0. The van der Waals surface area contributed by atoms with Crippen LogP contribution >= 0.6 is 45.2 Å². The highest BCUT2D eigenvalue weighted by Gasteiger charge is 2.31. The van der Waals surface area contributed by atoms with Crippen LogP contribution in [0.25, 0.3) is 0 Å². The van der Waals surface area contributed by atoms with Crippen molar-refractivity contribution in [3.05, 3.63) is 54.7 Å². The van der Waals surface area contributed by atoms with Gasteiger partial charge in [-0.25, -0.2) is 0 Å². The number of ether oxygens (including phenoxy) is 1. The number of carbonyl (C=O) groups is 3. The maximum Gasteiger partial charge on any atom is 0.243 e. The number of amides is 3. The van der Waals surface area contributed by atoms with E-state index in [1.807, 2.05) is 57.2 Å². The van der Waals surface area contributed by atoms with Crippen molar-refractivity contribution >= 4 is 62.9 Å². The second-order valence-corrected chi connectivity index (χ2v) is 12.9. The van der Waals surface area contributed by atoms with Crippen LogP contribution in [-0.2, 0) is 27.2 Å². The Kier molecular flexibility index (Phi) is 13.4. The summed E-state index contributed by atoms with van der Waals surface area (Å²) in [6.45, 7) is 6.92. The molecule has 0 spiro atoms. The van der Waals surface area contributed by atoms with Gasteiger partial charge in [-0.05, 0) is 106 Å². The molecule has 2 aromatic carbocycles. The van der Waals surface area contributed by atoms with E-state index in [-0.39, 0.29) is 29.4 Å². The minimum absolute atomic E-state index is 0.203. The molecule has 0 bridgehead atoms. The number of rotatable bonds is 5. The second kappa shape index (κ2) is 16.5. The Bertz CT molecular complexity index is 1190. The van der Waals surface area contributed by atoms with E-state index < -0.39 is 18.1 Å². The zero-order valence-corrected chi connectivity index (χ0v) is 28.1. The fourth-order valence-corrected chi connectivity index (χ4v) is 6.59. The maximum atomic E-state index is 13.7. The van der Waals surface area contributed by atoms with Crippen molar-refractivity contribution in [2.45, 2.75) is 71.0 Å². The number of halogens is 2. The minimum Gasteiger partial charge on any atom is -0.506 e. The number of aromatic hydroxyl groups is 1. The van der Waals surface area contributed by atoms with Gasteiger partial charge in [0.05, 0.1) is 13.2 Å². The van der Waals surface area contributed by atoms with Crippen LogP contribution in [-0.4, -0.2) is 60.6 Å². The van der Waals surface area contributed by atoms with Crippen molar-refractivity contribution in [3.8, 4) is 11.5 Å². The molecule has 0 aromatic heterocycles. The van der Waals surface area contributed by atoms with Gasteiger partial charge in [-0.1, -0.05) is 45.4 Å². The van der Waals surface area contributed by atoms with E-state index in [4.69, 9.17) is 4.74 Å². The lowest BCUT2D eigenvalue weighted by molar-refractivity contribution is -0.133. The van der Waals surface area contributed by atoms with Gasteiger partial charge >= 0.3 is 0 Å². The number of phenolic OH excluding ortho intramolecular Hbond substituents is 1. The van der Waals surface area contributed by atoms with Gasteiger partial charge in [-0.2, -0.15) is 0 Å². The van der Waals surface area contributed by atoms with Crippen LogP contribution in [0.1, 0.15) is 51.2 Å². The Balaban J connectivity index is 1.89. The molecule has 5 N–H and O–H groups in total. The lowest BCUT2D eigenvalue weighted by Gasteiger charge is -2.27. The lowest BCUT2D eigenvalue weighted by Crippen LogP contribution is -2.58. The Morgan fingerprint density at radius 2 is 1.68 bits per heavy atom. The predicted octanol–water partition coefficient (Wildman–Crippen LogP) is 3.67. The smallest absolute Gasteiger partial charge is 0.243 e. The summed E-state index contributed by atoms with van der Waals surface area (Å²) in [6.07, 6.45) is 3.02. The number of benzene rings is 2. The van der Waals surface area contributed by atoms with Crippen LogP contribution in [0.15, 0.2) is 36.4 Å². The number of para-hydroxylation sites is 1. The third-order valence-corrected chi connectivity index (χ3v) is 8.58. The van der Waals surface area contributed by atoms with Gasteiger partial charge in [0.1, 0.15) is 30.2 Å². The van der Waals surface area contributed by atoms with E-state index >= 15 is 0 Å².